The largest absolute Gasteiger partial charge is 0.497 e. The predicted octanol–water partition coefficient (Wildman–Crippen LogP) is 4.81. The Morgan fingerprint density at radius 3 is 2.35 bits per heavy atom. The minimum atomic E-state index is 0.0601. The van der Waals surface area contributed by atoms with Crippen LogP contribution in [0.5, 0.6) is 5.75 Å². The molecule has 1 unspecified atom stereocenters. The maximum Gasteiger partial charge on any atom is 0.220 e. The van der Waals surface area contributed by atoms with E-state index in [0.29, 0.717) is 17.9 Å². The predicted molar refractivity (Wildman–Crippen MR) is 127 cm³/mol. The third-order valence-electron chi connectivity index (χ3n) is 5.09. The zero-order valence-electron chi connectivity index (χ0n) is 18.6. The number of carbonyl (C=O) groups excluding carboxylic acids is 1. The lowest BCUT2D eigenvalue weighted by Crippen LogP contribution is -2.39. The summed E-state index contributed by atoms with van der Waals surface area (Å²) in [5.74, 6) is 0.865. The van der Waals surface area contributed by atoms with Gasteiger partial charge >= 0.3 is 0 Å². The lowest BCUT2D eigenvalue weighted by molar-refractivity contribution is -0.121. The molecule has 1 heterocycles. The van der Waals surface area contributed by atoms with Gasteiger partial charge in [-0.05, 0) is 81.5 Å². The Morgan fingerprint density at radius 2 is 1.74 bits per heavy atom. The number of carbonyl (C=O) groups is 1. The van der Waals surface area contributed by atoms with Crippen molar-refractivity contribution in [2.45, 2.75) is 25.8 Å². The van der Waals surface area contributed by atoms with Gasteiger partial charge in [-0.1, -0.05) is 23.7 Å². The average Bonchev–Trinajstić information content (AvgIpc) is 3.16. The van der Waals surface area contributed by atoms with Crippen molar-refractivity contribution in [2.24, 2.45) is 0 Å². The number of nitrogens with one attached hydrogen (secondary N) is 1. The van der Waals surface area contributed by atoms with E-state index in [4.69, 9.17) is 16.3 Å². The third kappa shape index (κ3) is 6.12. The Kier molecular flexibility index (Phi) is 7.77. The average molecular weight is 440 g/mol. The number of benzene rings is 2. The maximum atomic E-state index is 12.5. The van der Waals surface area contributed by atoms with E-state index in [2.05, 4.69) is 26.9 Å². The van der Waals surface area contributed by atoms with E-state index in [1.165, 1.54) is 0 Å². The van der Waals surface area contributed by atoms with Crippen LogP contribution in [0.3, 0.4) is 0 Å². The first-order valence-corrected chi connectivity index (χ1v) is 10.8. The van der Waals surface area contributed by atoms with Gasteiger partial charge in [0.25, 0.3) is 0 Å². The summed E-state index contributed by atoms with van der Waals surface area (Å²) in [5.41, 5.74) is 4.21. The fourth-order valence-electron chi connectivity index (χ4n) is 3.74. The van der Waals surface area contributed by atoms with Crippen molar-refractivity contribution in [3.05, 3.63) is 71.4 Å². The number of methoxy groups -OCH3 is 1. The molecule has 0 spiro atoms. The van der Waals surface area contributed by atoms with Crippen molar-refractivity contribution in [1.29, 1.82) is 0 Å². The lowest BCUT2D eigenvalue weighted by Gasteiger charge is -2.18. The number of ether oxygens (including phenoxy) is 1. The summed E-state index contributed by atoms with van der Waals surface area (Å²) >= 11 is 6.08. The number of aryl methyl sites for hydroxylation is 1. The number of likely N-dealkylation sites (N-methyl/N-ethyl adjacent to an activating group) is 1. The second kappa shape index (κ2) is 10.5. The summed E-state index contributed by atoms with van der Waals surface area (Å²) in [6, 6.07) is 20.0. The van der Waals surface area contributed by atoms with Crippen LogP contribution in [0.1, 0.15) is 19.0 Å². The van der Waals surface area contributed by atoms with Gasteiger partial charge in [-0.15, -0.1) is 0 Å². The first kappa shape index (κ1) is 22.9. The lowest BCUT2D eigenvalue weighted by atomic mass is 10.1. The van der Waals surface area contributed by atoms with Crippen LogP contribution in [-0.4, -0.2) is 49.2 Å². The monoisotopic (exact) mass is 439 g/mol. The zero-order chi connectivity index (χ0) is 22.4. The standard InChI is InChI=1S/C25H30ClN3O2/c1-18(17-28(2)3)27-25(30)16-12-22-11-15-24(19-5-7-20(26)8-6-19)29(22)21-9-13-23(31-4)14-10-21/h5-11,13-15,18H,12,16-17H2,1-4H3,(H,27,30). The number of aromatic nitrogens is 1. The number of nitrogens with zero attached hydrogens (tertiary/aromatic N) is 2. The summed E-state index contributed by atoms with van der Waals surface area (Å²) < 4.78 is 7.50. The Bertz CT molecular complexity index is 995. The molecule has 0 radical (unpaired) electrons. The van der Waals surface area contributed by atoms with Crippen molar-refractivity contribution in [3.8, 4) is 22.7 Å². The summed E-state index contributed by atoms with van der Waals surface area (Å²) in [6.07, 6.45) is 1.07. The van der Waals surface area contributed by atoms with E-state index < -0.39 is 0 Å². The molecule has 0 saturated heterocycles. The fourth-order valence-corrected chi connectivity index (χ4v) is 3.86. The van der Waals surface area contributed by atoms with Crippen LogP contribution in [0.2, 0.25) is 5.02 Å². The van der Waals surface area contributed by atoms with Crippen LogP contribution in [-0.2, 0) is 11.2 Å². The molecular weight excluding hydrogens is 410 g/mol. The van der Waals surface area contributed by atoms with E-state index in [-0.39, 0.29) is 11.9 Å². The van der Waals surface area contributed by atoms with Crippen LogP contribution in [0.15, 0.2) is 60.7 Å². The summed E-state index contributed by atoms with van der Waals surface area (Å²) in [7, 11) is 5.66. The normalized spacial score (nSPS) is 12.1. The van der Waals surface area contributed by atoms with E-state index in [0.717, 1.165) is 34.9 Å². The second-order valence-electron chi connectivity index (χ2n) is 7.98. The Labute approximate surface area is 189 Å². The van der Waals surface area contributed by atoms with Gasteiger partial charge < -0.3 is 19.5 Å². The maximum absolute atomic E-state index is 12.5. The molecule has 1 amide bonds. The third-order valence-corrected chi connectivity index (χ3v) is 5.34. The highest BCUT2D eigenvalue weighted by Crippen LogP contribution is 2.29. The number of rotatable bonds is 9. The first-order chi connectivity index (χ1) is 14.9. The molecule has 3 aromatic rings. The van der Waals surface area contributed by atoms with Crippen molar-refractivity contribution in [3.63, 3.8) is 0 Å². The molecule has 1 aromatic heterocycles. The molecule has 6 heteroatoms. The number of hydrogen-bond acceptors (Lipinski definition) is 3. The van der Waals surface area contributed by atoms with Gasteiger partial charge in [0.05, 0.1) is 12.8 Å². The van der Waals surface area contributed by atoms with Crippen LogP contribution >= 0.6 is 11.6 Å². The fraction of sp³-hybridized carbons (Fsp3) is 0.320. The highest BCUT2D eigenvalue weighted by atomic mass is 35.5. The molecule has 1 N–H and O–H groups in total. The molecule has 164 valence electrons. The summed E-state index contributed by atoms with van der Waals surface area (Å²) in [6.45, 7) is 2.84. The molecule has 3 rings (SSSR count). The molecule has 5 nitrogen and oxygen atoms in total. The highest BCUT2D eigenvalue weighted by Gasteiger charge is 2.15. The Hall–Kier alpha value is -2.76. The van der Waals surface area contributed by atoms with Crippen LogP contribution in [0, 0.1) is 0 Å². The van der Waals surface area contributed by atoms with Crippen LogP contribution in [0.25, 0.3) is 16.9 Å². The van der Waals surface area contributed by atoms with E-state index in [9.17, 15) is 4.79 Å². The number of hydrogen-bond donors (Lipinski definition) is 1. The molecule has 0 aliphatic rings. The quantitative estimate of drug-likeness (QED) is 0.520. The first-order valence-electron chi connectivity index (χ1n) is 10.4. The van der Waals surface area contributed by atoms with Gasteiger partial charge in [0, 0.05) is 35.4 Å². The minimum absolute atomic E-state index is 0.0601. The molecule has 0 bridgehead atoms. The zero-order valence-corrected chi connectivity index (χ0v) is 19.3. The number of amides is 1. The summed E-state index contributed by atoms with van der Waals surface area (Å²) in [5, 5.41) is 3.78. The second-order valence-corrected chi connectivity index (χ2v) is 8.42. The van der Waals surface area contributed by atoms with Gasteiger partial charge in [0.1, 0.15) is 5.75 Å². The van der Waals surface area contributed by atoms with Gasteiger partial charge in [0.2, 0.25) is 5.91 Å². The molecule has 2 aromatic carbocycles. The van der Waals surface area contributed by atoms with Gasteiger partial charge in [0.15, 0.2) is 0 Å². The van der Waals surface area contributed by atoms with Crippen LogP contribution < -0.4 is 10.1 Å². The molecule has 0 aliphatic heterocycles. The van der Waals surface area contributed by atoms with Crippen molar-refractivity contribution in [1.82, 2.24) is 14.8 Å². The molecule has 0 fully saturated rings. The Morgan fingerprint density at radius 1 is 1.06 bits per heavy atom. The Balaban J connectivity index is 1.86. The van der Waals surface area contributed by atoms with Gasteiger partial charge in [-0.2, -0.15) is 0 Å². The van der Waals surface area contributed by atoms with E-state index in [1.807, 2.05) is 69.6 Å². The smallest absolute Gasteiger partial charge is 0.220 e. The molecule has 1 atom stereocenters. The van der Waals surface area contributed by atoms with Crippen LogP contribution in [0.4, 0.5) is 0 Å². The SMILES string of the molecule is COc1ccc(-n2c(CCC(=O)NC(C)CN(C)C)ccc2-c2ccc(Cl)cc2)cc1. The number of halogens is 1. The topological polar surface area (TPSA) is 46.5 Å². The molecule has 0 saturated carbocycles. The molecular formula is C25H30ClN3O2. The van der Waals surface area contributed by atoms with Gasteiger partial charge in [-0.3, -0.25) is 4.79 Å². The summed E-state index contributed by atoms with van der Waals surface area (Å²) in [4.78, 5) is 14.6. The molecule has 0 aliphatic carbocycles. The molecule has 31 heavy (non-hydrogen) atoms. The van der Waals surface area contributed by atoms with Crippen molar-refractivity contribution in [2.75, 3.05) is 27.7 Å². The van der Waals surface area contributed by atoms with Crippen molar-refractivity contribution >= 4 is 17.5 Å². The van der Waals surface area contributed by atoms with Crippen molar-refractivity contribution < 1.29 is 9.53 Å². The van der Waals surface area contributed by atoms with Gasteiger partial charge in [-0.25, -0.2) is 0 Å². The highest BCUT2D eigenvalue weighted by molar-refractivity contribution is 6.30. The van der Waals surface area contributed by atoms with E-state index in [1.54, 1.807) is 7.11 Å². The minimum Gasteiger partial charge on any atom is -0.497 e. The van der Waals surface area contributed by atoms with E-state index >= 15 is 0 Å².